The number of anilines is 2. The lowest BCUT2D eigenvalue weighted by Crippen LogP contribution is -2.24. The average molecular weight is 235 g/mol. The zero-order valence-electron chi connectivity index (χ0n) is 8.60. The van der Waals surface area contributed by atoms with Crippen LogP contribution < -0.4 is 10.6 Å². The van der Waals surface area contributed by atoms with E-state index in [9.17, 15) is 8.78 Å². The number of rotatable bonds is 3. The monoisotopic (exact) mass is 234 g/mol. The molecule has 0 radical (unpaired) electrons. The van der Waals surface area contributed by atoms with Crippen LogP contribution in [0.25, 0.3) is 0 Å². The molecule has 1 rings (SSSR count). The summed E-state index contributed by atoms with van der Waals surface area (Å²) in [7, 11) is 1.60. The number of alkyl halides is 2. The van der Waals surface area contributed by atoms with E-state index in [-0.39, 0.29) is 6.54 Å². The third kappa shape index (κ3) is 2.96. The van der Waals surface area contributed by atoms with Gasteiger partial charge in [-0.25, -0.2) is 8.78 Å². The maximum Gasteiger partial charge on any atom is 0.255 e. The van der Waals surface area contributed by atoms with Gasteiger partial charge in [0.25, 0.3) is 6.43 Å². The Morgan fingerprint density at radius 2 is 2.07 bits per heavy atom. The molecule has 0 aliphatic carbocycles. The van der Waals surface area contributed by atoms with Gasteiger partial charge in [-0.05, 0) is 24.6 Å². The van der Waals surface area contributed by atoms with Crippen LogP contribution in [0.4, 0.5) is 20.2 Å². The number of hydrogen-bond donors (Lipinski definition) is 1. The Kier molecular flexibility index (Phi) is 3.74. The fraction of sp³-hybridized carbons (Fsp3) is 0.400. The van der Waals surface area contributed by atoms with Crippen LogP contribution in [0.1, 0.15) is 5.56 Å². The normalized spacial score (nSPS) is 10.8. The first-order valence-electron chi connectivity index (χ1n) is 4.46. The number of nitrogens with two attached hydrogens (primary N) is 1. The molecule has 0 spiro atoms. The smallest absolute Gasteiger partial charge is 0.255 e. The van der Waals surface area contributed by atoms with E-state index in [4.69, 9.17) is 17.3 Å². The second-order valence-electron chi connectivity index (χ2n) is 3.43. The van der Waals surface area contributed by atoms with Crippen LogP contribution >= 0.6 is 11.6 Å². The lowest BCUT2D eigenvalue weighted by atomic mass is 10.1. The predicted octanol–water partition coefficient (Wildman–Crippen LogP) is 2.93. The topological polar surface area (TPSA) is 29.3 Å². The molecule has 0 saturated heterocycles. The van der Waals surface area contributed by atoms with Gasteiger partial charge in [-0.15, -0.1) is 0 Å². The minimum Gasteiger partial charge on any atom is -0.398 e. The van der Waals surface area contributed by atoms with Crippen LogP contribution in [0.5, 0.6) is 0 Å². The summed E-state index contributed by atoms with van der Waals surface area (Å²) in [6.07, 6.45) is -2.37. The molecule has 0 bridgehead atoms. The van der Waals surface area contributed by atoms with E-state index in [1.807, 2.05) is 6.92 Å². The molecule has 5 heteroatoms. The molecule has 0 aliphatic rings. The zero-order valence-corrected chi connectivity index (χ0v) is 9.35. The van der Waals surface area contributed by atoms with E-state index in [2.05, 4.69) is 0 Å². The third-order valence-corrected chi connectivity index (χ3v) is 2.47. The van der Waals surface area contributed by atoms with Crippen molar-refractivity contribution in [2.45, 2.75) is 13.3 Å². The highest BCUT2D eigenvalue weighted by molar-refractivity contribution is 6.33. The van der Waals surface area contributed by atoms with Crippen molar-refractivity contribution < 1.29 is 8.78 Å². The molecular weight excluding hydrogens is 222 g/mol. The molecule has 0 saturated carbocycles. The molecule has 84 valence electrons. The summed E-state index contributed by atoms with van der Waals surface area (Å²) in [6.45, 7) is 1.49. The number of halogens is 3. The number of nitrogen functional groups attached to an aromatic ring is 1. The Labute approximate surface area is 92.6 Å². The molecule has 0 aromatic heterocycles. The number of nitrogens with zero attached hydrogens (tertiary/aromatic N) is 1. The highest BCUT2D eigenvalue weighted by Crippen LogP contribution is 2.28. The van der Waals surface area contributed by atoms with E-state index in [1.165, 1.54) is 4.90 Å². The van der Waals surface area contributed by atoms with Crippen LogP contribution in [0, 0.1) is 6.92 Å². The highest BCUT2D eigenvalue weighted by Gasteiger charge is 2.12. The lowest BCUT2D eigenvalue weighted by Gasteiger charge is -2.21. The summed E-state index contributed by atoms with van der Waals surface area (Å²) in [6, 6.07) is 3.29. The molecule has 0 aliphatic heterocycles. The van der Waals surface area contributed by atoms with E-state index in [1.54, 1.807) is 19.2 Å². The van der Waals surface area contributed by atoms with Crippen molar-refractivity contribution in [1.29, 1.82) is 0 Å². The van der Waals surface area contributed by atoms with Crippen LogP contribution in [0.3, 0.4) is 0 Å². The van der Waals surface area contributed by atoms with Gasteiger partial charge in [-0.2, -0.15) is 0 Å². The van der Waals surface area contributed by atoms with Gasteiger partial charge in [-0.3, -0.25) is 0 Å². The summed E-state index contributed by atoms with van der Waals surface area (Å²) < 4.78 is 24.4. The van der Waals surface area contributed by atoms with Crippen molar-refractivity contribution in [2.24, 2.45) is 0 Å². The van der Waals surface area contributed by atoms with Crippen LogP contribution in [-0.2, 0) is 0 Å². The van der Waals surface area contributed by atoms with Crippen molar-refractivity contribution in [3.05, 3.63) is 22.7 Å². The summed E-state index contributed by atoms with van der Waals surface area (Å²) in [5.74, 6) is 0. The molecule has 1 aromatic rings. The molecule has 2 N–H and O–H groups in total. The third-order valence-electron chi connectivity index (χ3n) is 2.14. The van der Waals surface area contributed by atoms with Gasteiger partial charge < -0.3 is 10.6 Å². The van der Waals surface area contributed by atoms with Crippen molar-refractivity contribution in [1.82, 2.24) is 0 Å². The van der Waals surface area contributed by atoms with Crippen LogP contribution in [0.15, 0.2) is 12.1 Å². The van der Waals surface area contributed by atoms with Crippen molar-refractivity contribution >= 4 is 23.0 Å². The maximum absolute atomic E-state index is 12.2. The quantitative estimate of drug-likeness (QED) is 0.815. The maximum atomic E-state index is 12.2. The first-order valence-corrected chi connectivity index (χ1v) is 4.84. The summed E-state index contributed by atoms with van der Waals surface area (Å²) >= 11 is 5.83. The molecular formula is C10H13ClF2N2. The lowest BCUT2D eigenvalue weighted by molar-refractivity contribution is 0.156. The second-order valence-corrected chi connectivity index (χ2v) is 3.84. The van der Waals surface area contributed by atoms with Crippen LogP contribution in [-0.4, -0.2) is 20.0 Å². The molecule has 1 aromatic carbocycles. The minimum atomic E-state index is -2.37. The molecule has 0 unspecified atom stereocenters. The van der Waals surface area contributed by atoms with Gasteiger partial charge in [-0.1, -0.05) is 11.6 Å². The van der Waals surface area contributed by atoms with Gasteiger partial charge in [0, 0.05) is 12.7 Å². The predicted molar refractivity (Wildman–Crippen MR) is 59.9 cm³/mol. The summed E-state index contributed by atoms with van der Waals surface area (Å²) in [4.78, 5) is 1.46. The van der Waals surface area contributed by atoms with Gasteiger partial charge >= 0.3 is 0 Å². The van der Waals surface area contributed by atoms with E-state index in [0.29, 0.717) is 16.4 Å². The van der Waals surface area contributed by atoms with E-state index >= 15 is 0 Å². The minimum absolute atomic E-state index is 0.318. The zero-order chi connectivity index (χ0) is 11.6. The Morgan fingerprint density at radius 3 is 2.60 bits per heavy atom. The Bertz CT molecular complexity index is 356. The molecule has 0 amide bonds. The molecule has 0 fully saturated rings. The Morgan fingerprint density at radius 1 is 1.47 bits per heavy atom. The van der Waals surface area contributed by atoms with E-state index < -0.39 is 6.43 Å². The van der Waals surface area contributed by atoms with Crippen molar-refractivity contribution in [2.75, 3.05) is 24.2 Å². The standard InChI is InChI=1S/C10H13ClF2N2/c1-6-3-8(14)7(11)4-9(6)15(2)5-10(12)13/h3-4,10H,5,14H2,1-2H3. The van der Waals surface area contributed by atoms with Gasteiger partial charge in [0.1, 0.15) is 0 Å². The van der Waals surface area contributed by atoms with Gasteiger partial charge in [0.15, 0.2) is 0 Å². The average Bonchev–Trinajstić information content (AvgIpc) is 2.09. The highest BCUT2D eigenvalue weighted by atomic mass is 35.5. The fourth-order valence-electron chi connectivity index (χ4n) is 1.41. The molecule has 0 atom stereocenters. The fourth-order valence-corrected chi connectivity index (χ4v) is 1.57. The number of aryl methyl sites for hydroxylation is 1. The summed E-state index contributed by atoms with van der Waals surface area (Å²) in [5.41, 5.74) is 7.56. The SMILES string of the molecule is Cc1cc(N)c(Cl)cc1N(C)CC(F)F. The van der Waals surface area contributed by atoms with Gasteiger partial charge in [0.05, 0.1) is 17.3 Å². The number of hydrogen-bond acceptors (Lipinski definition) is 2. The first-order chi connectivity index (χ1) is 6.91. The summed E-state index contributed by atoms with van der Waals surface area (Å²) in [5, 5.41) is 0.386. The second kappa shape index (κ2) is 4.66. The largest absolute Gasteiger partial charge is 0.398 e. The molecule has 2 nitrogen and oxygen atoms in total. The Balaban J connectivity index is 2.98. The molecule has 15 heavy (non-hydrogen) atoms. The van der Waals surface area contributed by atoms with Crippen molar-refractivity contribution in [3.63, 3.8) is 0 Å². The van der Waals surface area contributed by atoms with E-state index in [0.717, 1.165) is 5.56 Å². The van der Waals surface area contributed by atoms with Gasteiger partial charge in [0.2, 0.25) is 0 Å². The van der Waals surface area contributed by atoms with Crippen LogP contribution in [0.2, 0.25) is 5.02 Å². The number of benzene rings is 1. The van der Waals surface area contributed by atoms with Crippen molar-refractivity contribution in [3.8, 4) is 0 Å². The molecule has 0 heterocycles. The first kappa shape index (κ1) is 12.0. The Hall–Kier alpha value is -1.03.